The molecule has 4 nitrogen and oxygen atoms in total. The maximum atomic E-state index is 6.18. The molecule has 1 fully saturated rings. The Morgan fingerprint density at radius 1 is 1.11 bits per heavy atom. The molecule has 0 aliphatic carbocycles. The number of anilines is 1. The Bertz CT molecular complexity index is 1110. The highest BCUT2D eigenvalue weighted by Gasteiger charge is 2.18. The van der Waals surface area contributed by atoms with Crippen LogP contribution in [0, 0.1) is 0 Å². The zero-order valence-electron chi connectivity index (χ0n) is 15.0. The first-order valence-electron chi connectivity index (χ1n) is 9.37. The molecule has 0 saturated carbocycles. The van der Waals surface area contributed by atoms with Gasteiger partial charge in [0, 0.05) is 41.1 Å². The lowest BCUT2D eigenvalue weighted by molar-refractivity contribution is 0.790. The fourth-order valence-corrected chi connectivity index (χ4v) is 4.17. The van der Waals surface area contributed by atoms with E-state index in [4.69, 9.17) is 16.6 Å². The predicted octanol–water partition coefficient (Wildman–Crippen LogP) is 4.67. The van der Waals surface area contributed by atoms with E-state index in [0.717, 1.165) is 42.4 Å². The van der Waals surface area contributed by atoms with E-state index in [1.54, 1.807) is 0 Å². The van der Waals surface area contributed by atoms with E-state index in [0.29, 0.717) is 6.04 Å². The zero-order chi connectivity index (χ0) is 18.2. The van der Waals surface area contributed by atoms with E-state index >= 15 is 0 Å². The van der Waals surface area contributed by atoms with Crippen LogP contribution in [-0.4, -0.2) is 28.7 Å². The SMILES string of the molecule is Clc1cccc(Cn2ccc3c(N[C@@H]4CCNC4)nc4ccccc4c32)c1. The molecule has 0 unspecified atom stereocenters. The second-order valence-electron chi connectivity index (χ2n) is 7.15. The number of hydrogen-bond acceptors (Lipinski definition) is 3. The van der Waals surface area contributed by atoms with E-state index < -0.39 is 0 Å². The predicted molar refractivity (Wildman–Crippen MR) is 113 cm³/mol. The molecule has 0 amide bonds. The van der Waals surface area contributed by atoms with E-state index in [2.05, 4.69) is 51.7 Å². The number of benzene rings is 2. The zero-order valence-corrected chi connectivity index (χ0v) is 15.7. The van der Waals surface area contributed by atoms with Crippen LogP contribution in [0.3, 0.4) is 0 Å². The maximum Gasteiger partial charge on any atom is 0.136 e. The van der Waals surface area contributed by atoms with Crippen LogP contribution in [0.15, 0.2) is 60.8 Å². The minimum Gasteiger partial charge on any atom is -0.365 e. The van der Waals surface area contributed by atoms with Gasteiger partial charge in [-0.3, -0.25) is 0 Å². The fraction of sp³-hybridized carbons (Fsp3) is 0.227. The van der Waals surface area contributed by atoms with E-state index in [1.165, 1.54) is 21.9 Å². The monoisotopic (exact) mass is 376 g/mol. The smallest absolute Gasteiger partial charge is 0.136 e. The first kappa shape index (κ1) is 16.6. The summed E-state index contributed by atoms with van der Waals surface area (Å²) in [5.41, 5.74) is 3.42. The van der Waals surface area contributed by atoms with Crippen molar-refractivity contribution in [2.24, 2.45) is 0 Å². The van der Waals surface area contributed by atoms with E-state index in [-0.39, 0.29) is 0 Å². The quantitative estimate of drug-likeness (QED) is 0.544. The fourth-order valence-electron chi connectivity index (χ4n) is 3.96. The Morgan fingerprint density at radius 3 is 2.89 bits per heavy atom. The summed E-state index contributed by atoms with van der Waals surface area (Å²) >= 11 is 6.18. The minimum absolute atomic E-state index is 0.429. The molecule has 4 aromatic rings. The summed E-state index contributed by atoms with van der Waals surface area (Å²) in [7, 11) is 0. The molecule has 0 spiro atoms. The number of para-hydroxylation sites is 1. The lowest BCUT2D eigenvalue weighted by Gasteiger charge is -2.15. The van der Waals surface area contributed by atoms with Crippen molar-refractivity contribution in [1.82, 2.24) is 14.9 Å². The van der Waals surface area contributed by atoms with Crippen molar-refractivity contribution in [3.05, 3.63) is 71.4 Å². The Hall–Kier alpha value is -2.56. The summed E-state index contributed by atoms with van der Waals surface area (Å²) < 4.78 is 2.29. The summed E-state index contributed by atoms with van der Waals surface area (Å²) in [5.74, 6) is 0.974. The van der Waals surface area contributed by atoms with Crippen molar-refractivity contribution >= 4 is 39.2 Å². The van der Waals surface area contributed by atoms with Gasteiger partial charge in [0.2, 0.25) is 0 Å². The summed E-state index contributed by atoms with van der Waals surface area (Å²) in [4.78, 5) is 4.93. The summed E-state index contributed by atoms with van der Waals surface area (Å²) in [6, 6.07) is 19.0. The third kappa shape index (κ3) is 3.15. The highest BCUT2D eigenvalue weighted by Crippen LogP contribution is 2.31. The van der Waals surface area contributed by atoms with Gasteiger partial charge in [-0.25, -0.2) is 4.98 Å². The molecule has 27 heavy (non-hydrogen) atoms. The summed E-state index contributed by atoms with van der Waals surface area (Å²) in [5, 5.41) is 10.2. The number of rotatable bonds is 4. The normalized spacial score (nSPS) is 17.0. The van der Waals surface area contributed by atoms with Crippen molar-refractivity contribution in [2.75, 3.05) is 18.4 Å². The molecule has 2 aromatic heterocycles. The van der Waals surface area contributed by atoms with Crippen LogP contribution in [0.5, 0.6) is 0 Å². The van der Waals surface area contributed by atoms with Crippen molar-refractivity contribution in [2.45, 2.75) is 19.0 Å². The molecule has 2 N–H and O–H groups in total. The first-order chi connectivity index (χ1) is 13.3. The van der Waals surface area contributed by atoms with Crippen molar-refractivity contribution in [3.63, 3.8) is 0 Å². The molecule has 136 valence electrons. The second-order valence-corrected chi connectivity index (χ2v) is 7.58. The van der Waals surface area contributed by atoms with Gasteiger partial charge in [-0.05, 0) is 42.8 Å². The number of nitrogens with one attached hydrogen (secondary N) is 2. The van der Waals surface area contributed by atoms with Crippen LogP contribution in [0.4, 0.5) is 5.82 Å². The Kier molecular flexibility index (Phi) is 4.23. The Labute approximate surface area is 163 Å². The third-order valence-corrected chi connectivity index (χ3v) is 5.49. The summed E-state index contributed by atoms with van der Waals surface area (Å²) in [6.07, 6.45) is 3.27. The standard InChI is InChI=1S/C22H21ClN4/c23-16-5-3-4-15(12-16)14-27-11-9-19-21(27)18-6-1-2-7-20(18)26-22(19)25-17-8-10-24-13-17/h1-7,9,11-12,17,24H,8,10,13-14H2,(H,25,26)/t17-/m1/s1. The largest absolute Gasteiger partial charge is 0.365 e. The van der Waals surface area contributed by atoms with E-state index in [1.807, 2.05) is 24.3 Å². The van der Waals surface area contributed by atoms with Gasteiger partial charge in [-0.1, -0.05) is 41.9 Å². The lowest BCUT2D eigenvalue weighted by Crippen LogP contribution is -2.22. The highest BCUT2D eigenvalue weighted by molar-refractivity contribution is 6.30. The first-order valence-corrected chi connectivity index (χ1v) is 9.75. The average Bonchev–Trinajstić information content (AvgIpc) is 3.32. The molecule has 1 saturated heterocycles. The minimum atomic E-state index is 0.429. The number of pyridine rings is 1. The summed E-state index contributed by atoms with van der Waals surface area (Å²) in [6.45, 7) is 2.83. The number of hydrogen-bond donors (Lipinski definition) is 2. The van der Waals surface area contributed by atoms with Gasteiger partial charge in [0.1, 0.15) is 5.82 Å². The molecule has 0 radical (unpaired) electrons. The molecule has 1 aliphatic rings. The number of halogens is 1. The van der Waals surface area contributed by atoms with Gasteiger partial charge in [0.25, 0.3) is 0 Å². The number of aromatic nitrogens is 2. The van der Waals surface area contributed by atoms with Gasteiger partial charge in [-0.2, -0.15) is 0 Å². The molecule has 3 heterocycles. The number of fused-ring (bicyclic) bond motifs is 3. The highest BCUT2D eigenvalue weighted by atomic mass is 35.5. The maximum absolute atomic E-state index is 6.18. The molecule has 1 atom stereocenters. The van der Waals surface area contributed by atoms with Gasteiger partial charge in [-0.15, -0.1) is 0 Å². The van der Waals surface area contributed by atoms with Crippen molar-refractivity contribution in [3.8, 4) is 0 Å². The molecule has 2 aromatic carbocycles. The molecule has 5 heteroatoms. The van der Waals surface area contributed by atoms with Gasteiger partial charge in [0.15, 0.2) is 0 Å². The molecular weight excluding hydrogens is 356 g/mol. The molecule has 5 rings (SSSR count). The van der Waals surface area contributed by atoms with Crippen molar-refractivity contribution < 1.29 is 0 Å². The Morgan fingerprint density at radius 2 is 2.04 bits per heavy atom. The number of nitrogens with zero attached hydrogens (tertiary/aromatic N) is 2. The van der Waals surface area contributed by atoms with Gasteiger partial charge < -0.3 is 15.2 Å². The van der Waals surface area contributed by atoms with Crippen LogP contribution in [0.25, 0.3) is 21.8 Å². The molecular formula is C22H21ClN4. The van der Waals surface area contributed by atoms with Crippen LogP contribution >= 0.6 is 11.6 Å². The second kappa shape index (κ2) is 6.87. The van der Waals surface area contributed by atoms with Crippen LogP contribution in [0.2, 0.25) is 5.02 Å². The van der Waals surface area contributed by atoms with Gasteiger partial charge >= 0.3 is 0 Å². The van der Waals surface area contributed by atoms with Gasteiger partial charge in [0.05, 0.1) is 11.0 Å². The topological polar surface area (TPSA) is 41.9 Å². The third-order valence-electron chi connectivity index (χ3n) is 5.25. The molecule has 0 bridgehead atoms. The van der Waals surface area contributed by atoms with Crippen LogP contribution in [-0.2, 0) is 6.54 Å². The molecule has 1 aliphatic heterocycles. The average molecular weight is 377 g/mol. The Balaban J connectivity index is 1.65. The van der Waals surface area contributed by atoms with Crippen molar-refractivity contribution in [1.29, 1.82) is 0 Å². The lowest BCUT2D eigenvalue weighted by atomic mass is 10.1. The van der Waals surface area contributed by atoms with Crippen LogP contribution in [0.1, 0.15) is 12.0 Å². The van der Waals surface area contributed by atoms with E-state index in [9.17, 15) is 0 Å². The van der Waals surface area contributed by atoms with Crippen LogP contribution < -0.4 is 10.6 Å².